The van der Waals surface area contributed by atoms with Gasteiger partial charge in [0.15, 0.2) is 5.69 Å². The number of carbonyl (C=O) groups is 1. The predicted octanol–water partition coefficient (Wildman–Crippen LogP) is 2.91. The highest BCUT2D eigenvalue weighted by molar-refractivity contribution is 7.99. The maximum Gasteiger partial charge on any atom is 0.277 e. The number of aromatic nitrogens is 3. The highest BCUT2D eigenvalue weighted by atomic mass is 32.2. The molecule has 1 amide bonds. The van der Waals surface area contributed by atoms with Crippen molar-refractivity contribution in [3.63, 3.8) is 0 Å². The van der Waals surface area contributed by atoms with Gasteiger partial charge in [-0.15, -0.1) is 10.2 Å². The van der Waals surface area contributed by atoms with Crippen LogP contribution in [0.5, 0.6) is 0 Å². The third kappa shape index (κ3) is 3.57. The normalized spacial score (nSPS) is 21.6. The van der Waals surface area contributed by atoms with E-state index in [1.54, 1.807) is 13.0 Å². The second kappa shape index (κ2) is 6.74. The van der Waals surface area contributed by atoms with E-state index in [0.29, 0.717) is 40.4 Å². The average molecular weight is 336 g/mol. The van der Waals surface area contributed by atoms with Crippen LogP contribution >= 0.6 is 11.8 Å². The quantitative estimate of drug-likeness (QED) is 0.793. The van der Waals surface area contributed by atoms with Gasteiger partial charge in [0, 0.05) is 18.2 Å². The Morgan fingerprint density at radius 2 is 2.09 bits per heavy atom. The molecule has 23 heavy (non-hydrogen) atoms. The number of amides is 1. The number of hydrogen-bond acceptors (Lipinski definition) is 7. The summed E-state index contributed by atoms with van der Waals surface area (Å²) in [6, 6.07) is 2.32. The van der Waals surface area contributed by atoms with Gasteiger partial charge in [0.1, 0.15) is 5.76 Å². The Morgan fingerprint density at radius 3 is 2.74 bits per heavy atom. The van der Waals surface area contributed by atoms with E-state index in [1.807, 2.05) is 4.90 Å². The summed E-state index contributed by atoms with van der Waals surface area (Å²) in [7, 11) is 0. The smallest absolute Gasteiger partial charge is 0.277 e. The van der Waals surface area contributed by atoms with Crippen LogP contribution in [0.1, 0.15) is 38.9 Å². The fourth-order valence-electron chi connectivity index (χ4n) is 2.95. The molecule has 0 aliphatic carbocycles. The largest absolute Gasteiger partial charge is 0.409 e. The highest BCUT2D eigenvalue weighted by Crippen LogP contribution is 2.26. The molecule has 0 spiro atoms. The van der Waals surface area contributed by atoms with Crippen molar-refractivity contribution in [3.05, 3.63) is 11.8 Å². The average Bonchev–Trinajstić information content (AvgIpc) is 3.13. The van der Waals surface area contributed by atoms with Crippen LogP contribution in [0.25, 0.3) is 11.6 Å². The minimum Gasteiger partial charge on any atom is -0.409 e. The molecule has 3 heterocycles. The standard InChI is InChI=1S/C15H20N4O3S/c1-9-5-4-6-10(2)19(9)13(20)8-23-15-17-16-14(21-15)12-7-11(3)22-18-12/h7,9-10H,4-6,8H2,1-3H3/t9-,10-/m0/s1. The second-order valence-corrected chi connectivity index (χ2v) is 6.84. The molecule has 1 fully saturated rings. The molecule has 1 saturated heterocycles. The van der Waals surface area contributed by atoms with Crippen molar-refractivity contribution < 1.29 is 13.7 Å². The third-order valence-corrected chi connectivity index (χ3v) is 4.86. The van der Waals surface area contributed by atoms with Crippen molar-refractivity contribution in [2.24, 2.45) is 0 Å². The molecule has 1 aliphatic heterocycles. The molecule has 7 nitrogen and oxygen atoms in total. The Bertz CT molecular complexity index is 674. The van der Waals surface area contributed by atoms with Crippen molar-refractivity contribution in [1.82, 2.24) is 20.3 Å². The molecule has 3 rings (SSSR count). The topological polar surface area (TPSA) is 85.3 Å². The van der Waals surface area contributed by atoms with Crippen molar-refractivity contribution in [3.8, 4) is 11.6 Å². The van der Waals surface area contributed by atoms with E-state index in [4.69, 9.17) is 8.94 Å². The zero-order valence-electron chi connectivity index (χ0n) is 13.5. The van der Waals surface area contributed by atoms with Gasteiger partial charge < -0.3 is 13.8 Å². The lowest BCUT2D eigenvalue weighted by Gasteiger charge is -2.39. The minimum atomic E-state index is 0.117. The summed E-state index contributed by atoms with van der Waals surface area (Å²) in [6.07, 6.45) is 3.32. The van der Waals surface area contributed by atoms with E-state index in [1.165, 1.54) is 18.2 Å². The Morgan fingerprint density at radius 1 is 1.35 bits per heavy atom. The monoisotopic (exact) mass is 336 g/mol. The summed E-state index contributed by atoms with van der Waals surface area (Å²) >= 11 is 1.26. The van der Waals surface area contributed by atoms with Crippen LogP contribution in [0, 0.1) is 6.92 Å². The minimum absolute atomic E-state index is 0.117. The number of thioether (sulfide) groups is 1. The lowest BCUT2D eigenvalue weighted by molar-refractivity contribution is -0.134. The molecule has 0 saturated carbocycles. The highest BCUT2D eigenvalue weighted by Gasteiger charge is 2.29. The molecule has 2 aromatic heterocycles. The van der Waals surface area contributed by atoms with Gasteiger partial charge in [0.2, 0.25) is 5.91 Å². The van der Waals surface area contributed by atoms with Gasteiger partial charge in [-0.05, 0) is 40.0 Å². The van der Waals surface area contributed by atoms with Crippen LogP contribution in [-0.4, -0.2) is 44.0 Å². The van der Waals surface area contributed by atoms with Crippen LogP contribution < -0.4 is 0 Å². The van der Waals surface area contributed by atoms with Crippen molar-refractivity contribution in [2.45, 2.75) is 57.3 Å². The van der Waals surface area contributed by atoms with Crippen molar-refractivity contribution in [1.29, 1.82) is 0 Å². The molecule has 1 aliphatic rings. The zero-order chi connectivity index (χ0) is 16.4. The van der Waals surface area contributed by atoms with Gasteiger partial charge >= 0.3 is 0 Å². The van der Waals surface area contributed by atoms with Crippen LogP contribution in [-0.2, 0) is 4.79 Å². The van der Waals surface area contributed by atoms with Crippen LogP contribution in [0.4, 0.5) is 0 Å². The Balaban J connectivity index is 1.60. The van der Waals surface area contributed by atoms with Crippen LogP contribution in [0.15, 0.2) is 20.2 Å². The van der Waals surface area contributed by atoms with Gasteiger partial charge in [0.25, 0.3) is 11.1 Å². The van der Waals surface area contributed by atoms with Crippen LogP contribution in [0.2, 0.25) is 0 Å². The molecule has 0 radical (unpaired) electrons. The summed E-state index contributed by atoms with van der Waals surface area (Å²) in [5, 5.41) is 12.1. The van der Waals surface area contributed by atoms with Crippen molar-refractivity contribution in [2.75, 3.05) is 5.75 Å². The Kier molecular flexibility index (Phi) is 4.70. The fourth-order valence-corrected chi connectivity index (χ4v) is 3.58. The molecule has 2 aromatic rings. The van der Waals surface area contributed by atoms with E-state index in [9.17, 15) is 4.79 Å². The van der Waals surface area contributed by atoms with Crippen molar-refractivity contribution >= 4 is 17.7 Å². The molecule has 0 bridgehead atoms. The lowest BCUT2D eigenvalue weighted by Crippen LogP contribution is -2.48. The van der Waals surface area contributed by atoms with E-state index >= 15 is 0 Å². The molecule has 0 aromatic carbocycles. The molecular formula is C15H20N4O3S. The number of rotatable bonds is 4. The molecule has 124 valence electrons. The summed E-state index contributed by atoms with van der Waals surface area (Å²) in [6.45, 7) is 6.01. The van der Waals surface area contributed by atoms with E-state index in [0.717, 1.165) is 12.8 Å². The number of aryl methyl sites for hydroxylation is 1. The summed E-state index contributed by atoms with van der Waals surface area (Å²) in [4.78, 5) is 14.4. The summed E-state index contributed by atoms with van der Waals surface area (Å²) < 4.78 is 10.5. The lowest BCUT2D eigenvalue weighted by atomic mass is 9.98. The molecular weight excluding hydrogens is 316 g/mol. The predicted molar refractivity (Wildman–Crippen MR) is 84.9 cm³/mol. The SMILES string of the molecule is Cc1cc(-c2nnc(SCC(=O)N3[C@@H](C)CCC[C@@H]3C)o2)no1. The maximum absolute atomic E-state index is 12.5. The van der Waals surface area contributed by atoms with Gasteiger partial charge in [0.05, 0.1) is 5.75 Å². The first-order valence-corrected chi connectivity index (χ1v) is 8.74. The fraction of sp³-hybridized carbons (Fsp3) is 0.600. The van der Waals surface area contributed by atoms with Gasteiger partial charge in [-0.2, -0.15) is 0 Å². The van der Waals surface area contributed by atoms with E-state index < -0.39 is 0 Å². The van der Waals surface area contributed by atoms with Gasteiger partial charge in [-0.1, -0.05) is 16.9 Å². The molecule has 0 N–H and O–H groups in total. The third-order valence-electron chi connectivity index (χ3n) is 4.05. The number of likely N-dealkylation sites (tertiary alicyclic amines) is 1. The Hall–Kier alpha value is -1.83. The second-order valence-electron chi connectivity index (χ2n) is 5.91. The number of nitrogens with zero attached hydrogens (tertiary/aromatic N) is 4. The molecule has 2 atom stereocenters. The van der Waals surface area contributed by atoms with Crippen LogP contribution in [0.3, 0.4) is 0 Å². The number of piperidine rings is 1. The summed E-state index contributed by atoms with van der Waals surface area (Å²) in [5.74, 6) is 1.40. The van der Waals surface area contributed by atoms with Gasteiger partial charge in [-0.25, -0.2) is 0 Å². The maximum atomic E-state index is 12.5. The first-order chi connectivity index (χ1) is 11.0. The number of carbonyl (C=O) groups excluding carboxylic acids is 1. The van der Waals surface area contributed by atoms with Gasteiger partial charge in [-0.3, -0.25) is 4.79 Å². The molecule has 0 unspecified atom stereocenters. The first-order valence-electron chi connectivity index (χ1n) is 7.75. The van der Waals surface area contributed by atoms with E-state index in [2.05, 4.69) is 29.2 Å². The van der Waals surface area contributed by atoms with E-state index in [-0.39, 0.29) is 5.91 Å². The summed E-state index contributed by atoms with van der Waals surface area (Å²) in [5.41, 5.74) is 0.506. The molecule has 8 heteroatoms. The number of hydrogen-bond donors (Lipinski definition) is 0. The zero-order valence-corrected chi connectivity index (χ0v) is 14.3. The Labute approximate surface area is 138 Å². The first kappa shape index (κ1) is 16.0.